The maximum Gasteiger partial charge on any atom is 0.341 e. The number of para-hydroxylation sites is 1. The topological polar surface area (TPSA) is 79.5 Å². The smallest absolute Gasteiger partial charge is 0.341 e. The number of nitrogens with zero attached hydrogens (tertiary/aromatic N) is 1. The van der Waals surface area contributed by atoms with Crippen LogP contribution in [0, 0.1) is 0 Å². The third-order valence-corrected chi connectivity index (χ3v) is 7.12. The van der Waals surface area contributed by atoms with Crippen LogP contribution in [0.4, 0.5) is 0 Å². The lowest BCUT2D eigenvalue weighted by molar-refractivity contribution is -0.136. The molecule has 3 aromatic rings. The van der Waals surface area contributed by atoms with Crippen LogP contribution in [0.2, 0.25) is 5.02 Å². The normalized spacial score (nSPS) is 14.3. The molecule has 0 unspecified atom stereocenters. The molecule has 2 aromatic carbocycles. The monoisotopic (exact) mass is 430 g/mol. The molecule has 0 aliphatic carbocycles. The summed E-state index contributed by atoms with van der Waals surface area (Å²) < 4.78 is 32.9. The Balaban J connectivity index is 1.87. The van der Waals surface area contributed by atoms with E-state index >= 15 is 0 Å². The minimum Gasteiger partial charge on any atom is -0.462 e. The van der Waals surface area contributed by atoms with Gasteiger partial charge in [0.1, 0.15) is 10.5 Å². The lowest BCUT2D eigenvalue weighted by Gasteiger charge is -2.20. The number of aromatic amines is 1. The molecule has 6 nitrogen and oxygen atoms in total. The number of ether oxygens (including phenoxy) is 1. The van der Waals surface area contributed by atoms with Gasteiger partial charge in [0.15, 0.2) is 0 Å². The van der Waals surface area contributed by atoms with Crippen molar-refractivity contribution in [3.05, 3.63) is 71.0 Å². The largest absolute Gasteiger partial charge is 0.462 e. The van der Waals surface area contributed by atoms with Gasteiger partial charge in [-0.3, -0.25) is 4.31 Å². The Morgan fingerprint density at radius 3 is 2.66 bits per heavy atom. The van der Waals surface area contributed by atoms with Crippen molar-refractivity contribution in [3.63, 3.8) is 0 Å². The van der Waals surface area contributed by atoms with Gasteiger partial charge in [-0.15, -0.1) is 0 Å². The Hall–Kier alpha value is -2.77. The number of carbonyl (C=O) groups excluding carboxylic acids is 1. The fraction of sp³-hybridized carbons (Fsp3) is 0.190. The molecule has 0 bridgehead atoms. The molecule has 150 valence electrons. The summed E-state index contributed by atoms with van der Waals surface area (Å²) in [5.74, 6) is -0.582. The summed E-state index contributed by atoms with van der Waals surface area (Å²) in [5, 5.41) is 1.08. The highest BCUT2D eigenvalue weighted by atomic mass is 35.5. The minimum atomic E-state index is -3.94. The van der Waals surface area contributed by atoms with E-state index in [4.69, 9.17) is 16.3 Å². The van der Waals surface area contributed by atoms with Crippen molar-refractivity contribution < 1.29 is 17.9 Å². The summed E-state index contributed by atoms with van der Waals surface area (Å²) in [6, 6.07) is 13.9. The SMILES string of the molecule is CCOC(=O)C1=CN(S(=O)(=O)c2ccccc2Cl)CCc2c1[nH]c1ccccc21. The Bertz CT molecular complexity index is 1230. The van der Waals surface area contributed by atoms with Gasteiger partial charge in [-0.25, -0.2) is 13.2 Å². The van der Waals surface area contributed by atoms with Crippen molar-refractivity contribution >= 4 is 44.1 Å². The average Bonchev–Trinajstić information content (AvgIpc) is 2.95. The first-order chi connectivity index (χ1) is 13.9. The molecule has 0 amide bonds. The molecule has 29 heavy (non-hydrogen) atoms. The molecule has 0 radical (unpaired) electrons. The molecule has 0 spiro atoms. The standard InChI is InChI=1S/C21H19ClN2O4S/c1-2-28-21(25)16-13-24(29(26,27)19-10-6-4-8-17(19)22)12-11-15-14-7-3-5-9-18(14)23-20(15)16/h3-10,13,23H,2,11-12H2,1H3. The van der Waals surface area contributed by atoms with E-state index in [1.165, 1.54) is 22.6 Å². The second-order valence-electron chi connectivity index (χ2n) is 6.58. The molecule has 8 heteroatoms. The Kier molecular flexibility index (Phi) is 5.10. The molecule has 1 aliphatic heterocycles. The Morgan fingerprint density at radius 1 is 1.17 bits per heavy atom. The molecule has 1 aliphatic rings. The molecule has 0 fully saturated rings. The van der Waals surface area contributed by atoms with Crippen LogP contribution >= 0.6 is 11.6 Å². The summed E-state index contributed by atoms with van der Waals surface area (Å²) in [7, 11) is -3.94. The number of esters is 1. The van der Waals surface area contributed by atoms with Gasteiger partial charge in [0.2, 0.25) is 0 Å². The fourth-order valence-electron chi connectivity index (χ4n) is 3.52. The van der Waals surface area contributed by atoms with Gasteiger partial charge in [0.25, 0.3) is 10.0 Å². The maximum atomic E-state index is 13.3. The average molecular weight is 431 g/mol. The summed E-state index contributed by atoms with van der Waals surface area (Å²) in [6.07, 6.45) is 1.78. The third-order valence-electron chi connectivity index (χ3n) is 4.86. The van der Waals surface area contributed by atoms with E-state index in [0.29, 0.717) is 12.1 Å². The zero-order valence-electron chi connectivity index (χ0n) is 15.7. The van der Waals surface area contributed by atoms with Gasteiger partial charge in [-0.2, -0.15) is 0 Å². The first-order valence-corrected chi connectivity index (χ1v) is 11.0. The van der Waals surface area contributed by atoms with Crippen LogP contribution in [0.3, 0.4) is 0 Å². The third kappa shape index (κ3) is 3.41. The van der Waals surface area contributed by atoms with Crippen molar-refractivity contribution in [3.8, 4) is 0 Å². The highest BCUT2D eigenvalue weighted by Gasteiger charge is 2.31. The first kappa shape index (κ1) is 19.5. The lowest BCUT2D eigenvalue weighted by atomic mass is 10.0. The number of H-pyrrole nitrogens is 1. The number of hydrogen-bond donors (Lipinski definition) is 1. The summed E-state index contributed by atoms with van der Waals surface area (Å²) in [6.45, 7) is 2.06. The number of sulfonamides is 1. The van der Waals surface area contributed by atoms with Gasteiger partial charge in [0.05, 0.1) is 17.3 Å². The first-order valence-electron chi connectivity index (χ1n) is 9.18. The van der Waals surface area contributed by atoms with Crippen LogP contribution in [0.25, 0.3) is 16.5 Å². The van der Waals surface area contributed by atoms with Gasteiger partial charge < -0.3 is 9.72 Å². The van der Waals surface area contributed by atoms with Crippen LogP contribution in [0.5, 0.6) is 0 Å². The Morgan fingerprint density at radius 2 is 1.90 bits per heavy atom. The zero-order chi connectivity index (χ0) is 20.6. The summed E-state index contributed by atoms with van der Waals surface area (Å²) in [4.78, 5) is 16.0. The van der Waals surface area contributed by atoms with E-state index in [-0.39, 0.29) is 28.6 Å². The summed E-state index contributed by atoms with van der Waals surface area (Å²) in [5.41, 5.74) is 2.53. The summed E-state index contributed by atoms with van der Waals surface area (Å²) >= 11 is 6.14. The Labute approximate surface area is 173 Å². The number of aromatic nitrogens is 1. The fourth-order valence-corrected chi connectivity index (χ4v) is 5.34. The van der Waals surface area contributed by atoms with Crippen LogP contribution in [0.15, 0.2) is 59.6 Å². The molecular formula is C21H19ClN2O4S. The molecule has 0 saturated carbocycles. The van der Waals surface area contributed by atoms with E-state index in [1.807, 2.05) is 24.3 Å². The van der Waals surface area contributed by atoms with Gasteiger partial charge in [-0.05, 0) is 37.1 Å². The predicted octanol–water partition coefficient (Wildman–Crippen LogP) is 3.97. The van der Waals surface area contributed by atoms with Crippen molar-refractivity contribution in [2.24, 2.45) is 0 Å². The van der Waals surface area contributed by atoms with Crippen molar-refractivity contribution in [1.29, 1.82) is 0 Å². The van der Waals surface area contributed by atoms with E-state index in [9.17, 15) is 13.2 Å². The number of fused-ring (bicyclic) bond motifs is 3. The lowest BCUT2D eigenvalue weighted by Crippen LogP contribution is -2.28. The minimum absolute atomic E-state index is 0.00320. The number of nitrogens with one attached hydrogen (secondary N) is 1. The predicted molar refractivity (Wildman–Crippen MR) is 112 cm³/mol. The number of hydrogen-bond acceptors (Lipinski definition) is 4. The second-order valence-corrected chi connectivity index (χ2v) is 8.85. The molecule has 1 N–H and O–H groups in total. The molecule has 2 heterocycles. The van der Waals surface area contributed by atoms with E-state index in [2.05, 4.69) is 4.98 Å². The zero-order valence-corrected chi connectivity index (χ0v) is 17.3. The van der Waals surface area contributed by atoms with Crippen molar-refractivity contribution in [2.75, 3.05) is 13.2 Å². The number of halogens is 1. The van der Waals surface area contributed by atoms with Crippen LogP contribution < -0.4 is 0 Å². The second kappa shape index (κ2) is 7.57. The molecule has 4 rings (SSSR count). The van der Waals surface area contributed by atoms with Crippen LogP contribution in [-0.4, -0.2) is 36.8 Å². The quantitative estimate of drug-likeness (QED) is 0.635. The highest BCUT2D eigenvalue weighted by Crippen LogP contribution is 2.34. The molecule has 1 aromatic heterocycles. The molecular weight excluding hydrogens is 412 g/mol. The number of rotatable bonds is 4. The van der Waals surface area contributed by atoms with Gasteiger partial charge >= 0.3 is 5.97 Å². The van der Waals surface area contributed by atoms with E-state index in [0.717, 1.165) is 16.5 Å². The van der Waals surface area contributed by atoms with E-state index < -0.39 is 16.0 Å². The maximum absolute atomic E-state index is 13.3. The van der Waals surface area contributed by atoms with Crippen LogP contribution in [0.1, 0.15) is 18.2 Å². The van der Waals surface area contributed by atoms with Gasteiger partial charge in [-0.1, -0.05) is 41.9 Å². The van der Waals surface area contributed by atoms with Crippen LogP contribution in [-0.2, 0) is 26.0 Å². The number of carbonyl (C=O) groups is 1. The van der Waals surface area contributed by atoms with E-state index in [1.54, 1.807) is 19.1 Å². The van der Waals surface area contributed by atoms with Gasteiger partial charge in [0, 0.05) is 23.6 Å². The number of benzene rings is 2. The van der Waals surface area contributed by atoms with Crippen molar-refractivity contribution in [1.82, 2.24) is 9.29 Å². The molecule has 0 atom stereocenters. The molecule has 0 saturated heterocycles. The van der Waals surface area contributed by atoms with Crippen molar-refractivity contribution in [2.45, 2.75) is 18.2 Å². The highest BCUT2D eigenvalue weighted by molar-refractivity contribution is 7.89.